The van der Waals surface area contributed by atoms with Crippen LogP contribution in [0.2, 0.25) is 0 Å². The van der Waals surface area contributed by atoms with Crippen molar-refractivity contribution in [3.05, 3.63) is 42.2 Å². The van der Waals surface area contributed by atoms with E-state index in [1.807, 2.05) is 41.4 Å². The molecule has 1 aromatic carbocycles. The highest BCUT2D eigenvalue weighted by Crippen LogP contribution is 2.24. The first kappa shape index (κ1) is 19.4. The highest BCUT2D eigenvalue weighted by atomic mass is 32.2. The summed E-state index contributed by atoms with van der Waals surface area (Å²) in [4.78, 5) is 27.3. The van der Waals surface area contributed by atoms with Gasteiger partial charge in [-0.3, -0.25) is 14.3 Å². The Morgan fingerprint density at radius 1 is 1.37 bits per heavy atom. The van der Waals surface area contributed by atoms with Crippen LogP contribution in [0.5, 0.6) is 0 Å². The first-order chi connectivity index (χ1) is 13.1. The molecule has 2 aromatic rings. The number of aromatic nitrogens is 2. The van der Waals surface area contributed by atoms with Gasteiger partial charge in [-0.05, 0) is 43.8 Å². The lowest BCUT2D eigenvalue weighted by atomic mass is 10.1. The van der Waals surface area contributed by atoms with Crippen LogP contribution in [-0.2, 0) is 4.79 Å². The molecule has 0 aliphatic carbocycles. The van der Waals surface area contributed by atoms with Gasteiger partial charge in [0, 0.05) is 24.7 Å². The van der Waals surface area contributed by atoms with Crippen molar-refractivity contribution >= 4 is 29.3 Å². The molecule has 2 heterocycles. The Morgan fingerprint density at radius 3 is 2.93 bits per heavy atom. The summed E-state index contributed by atoms with van der Waals surface area (Å²) >= 11 is 1.56. The Labute approximate surface area is 163 Å². The lowest BCUT2D eigenvalue weighted by molar-refractivity contribution is -0.116. The number of rotatable bonds is 6. The fourth-order valence-corrected chi connectivity index (χ4v) is 3.69. The summed E-state index contributed by atoms with van der Waals surface area (Å²) in [5, 5.41) is 10.6. The van der Waals surface area contributed by atoms with Gasteiger partial charge in [0.05, 0.1) is 18.3 Å². The van der Waals surface area contributed by atoms with Gasteiger partial charge in [0.1, 0.15) is 5.69 Å². The molecule has 27 heavy (non-hydrogen) atoms. The van der Waals surface area contributed by atoms with E-state index in [9.17, 15) is 9.59 Å². The molecule has 0 saturated carbocycles. The third kappa shape index (κ3) is 4.90. The minimum atomic E-state index is -0.258. The van der Waals surface area contributed by atoms with Crippen LogP contribution in [0.25, 0.3) is 0 Å². The van der Waals surface area contributed by atoms with Gasteiger partial charge in [0.25, 0.3) is 5.91 Å². The number of nitrogens with zero attached hydrogens (tertiary/aromatic N) is 3. The van der Waals surface area contributed by atoms with E-state index in [2.05, 4.69) is 15.7 Å². The van der Waals surface area contributed by atoms with Crippen molar-refractivity contribution in [3.63, 3.8) is 0 Å². The Bertz CT molecular complexity index is 801. The number of benzene rings is 1. The fourth-order valence-electron chi connectivity index (χ4n) is 3.14. The number of piperidine rings is 1. The van der Waals surface area contributed by atoms with Crippen LogP contribution < -0.4 is 10.6 Å². The maximum atomic E-state index is 12.6. The van der Waals surface area contributed by atoms with Crippen LogP contribution in [0.15, 0.2) is 41.4 Å². The van der Waals surface area contributed by atoms with Crippen LogP contribution in [0.3, 0.4) is 0 Å². The molecule has 3 rings (SSSR count). The number of carbonyl (C=O) groups excluding carboxylic acids is 2. The Morgan fingerprint density at radius 2 is 2.19 bits per heavy atom. The van der Waals surface area contributed by atoms with Crippen molar-refractivity contribution in [2.75, 3.05) is 38.3 Å². The van der Waals surface area contributed by atoms with E-state index in [1.165, 1.54) is 4.90 Å². The number of nitrogens with one attached hydrogen (secondary N) is 2. The molecule has 1 aliphatic heterocycles. The van der Waals surface area contributed by atoms with Crippen molar-refractivity contribution in [1.82, 2.24) is 20.0 Å². The second-order valence-electron chi connectivity index (χ2n) is 6.59. The Kier molecular flexibility index (Phi) is 6.52. The monoisotopic (exact) mass is 387 g/mol. The quantitative estimate of drug-likeness (QED) is 0.743. The molecular weight excluding hydrogens is 362 g/mol. The molecule has 0 radical (unpaired) electrons. The van der Waals surface area contributed by atoms with E-state index in [0.29, 0.717) is 5.69 Å². The molecule has 1 atom stereocenters. The number of carbonyl (C=O) groups is 2. The average molecular weight is 388 g/mol. The highest BCUT2D eigenvalue weighted by Gasteiger charge is 2.21. The molecular formula is C19H25N5O2S. The number of amides is 2. The van der Waals surface area contributed by atoms with E-state index < -0.39 is 0 Å². The van der Waals surface area contributed by atoms with Gasteiger partial charge in [0.15, 0.2) is 0 Å². The predicted molar refractivity (Wildman–Crippen MR) is 107 cm³/mol. The first-order valence-corrected chi connectivity index (χ1v) is 10.2. The lowest BCUT2D eigenvalue weighted by Crippen LogP contribution is -2.35. The largest absolute Gasteiger partial charge is 0.331 e. The Balaban J connectivity index is 1.58. The molecule has 0 spiro atoms. The van der Waals surface area contributed by atoms with Gasteiger partial charge < -0.3 is 15.5 Å². The minimum absolute atomic E-state index is 0.0284. The van der Waals surface area contributed by atoms with E-state index in [4.69, 9.17) is 0 Å². The number of anilines is 1. The van der Waals surface area contributed by atoms with Gasteiger partial charge in [-0.1, -0.05) is 12.1 Å². The summed E-state index contributed by atoms with van der Waals surface area (Å²) in [7, 11) is 1.61. The normalized spacial score (nSPS) is 16.7. The third-order valence-corrected chi connectivity index (χ3v) is 5.38. The van der Waals surface area contributed by atoms with Crippen molar-refractivity contribution in [2.24, 2.45) is 0 Å². The second kappa shape index (κ2) is 9.05. The zero-order valence-corrected chi connectivity index (χ0v) is 16.5. The number of hydrogen-bond acceptors (Lipinski definition) is 5. The fraction of sp³-hybridized carbons (Fsp3) is 0.421. The summed E-state index contributed by atoms with van der Waals surface area (Å²) < 4.78 is 1.85. The molecule has 1 fully saturated rings. The summed E-state index contributed by atoms with van der Waals surface area (Å²) in [6.45, 7) is 1.86. The number of hydrogen-bond donors (Lipinski definition) is 2. The standard InChI is InChI=1S/C19H25N5O2S/c1-23(13-18(25)21-15-7-3-4-8-17(15)27-2)19(26)16-9-11-24(22-16)14-6-5-10-20-12-14/h3-4,7-9,11,14,20H,5-6,10,12-13H2,1-2H3,(H,21,25). The lowest BCUT2D eigenvalue weighted by Gasteiger charge is -2.23. The summed E-state index contributed by atoms with van der Waals surface area (Å²) in [5.41, 5.74) is 1.12. The summed E-state index contributed by atoms with van der Waals surface area (Å²) in [6.07, 6.45) is 5.95. The van der Waals surface area contributed by atoms with Crippen LogP contribution >= 0.6 is 11.8 Å². The molecule has 144 valence electrons. The van der Waals surface area contributed by atoms with Crippen molar-refractivity contribution in [3.8, 4) is 0 Å². The first-order valence-electron chi connectivity index (χ1n) is 9.02. The third-order valence-electron chi connectivity index (χ3n) is 4.58. The van der Waals surface area contributed by atoms with Gasteiger partial charge in [-0.2, -0.15) is 5.10 Å². The molecule has 2 N–H and O–H groups in total. The number of likely N-dealkylation sites (N-methyl/N-ethyl adjacent to an activating group) is 1. The van der Waals surface area contributed by atoms with Crippen LogP contribution in [0.1, 0.15) is 29.4 Å². The van der Waals surface area contributed by atoms with Crippen molar-refractivity contribution < 1.29 is 9.59 Å². The SMILES string of the molecule is CSc1ccccc1NC(=O)CN(C)C(=O)c1ccn(C2CCCNC2)n1. The minimum Gasteiger partial charge on any atom is -0.331 e. The smallest absolute Gasteiger partial charge is 0.274 e. The van der Waals surface area contributed by atoms with Gasteiger partial charge in [0.2, 0.25) is 5.91 Å². The topological polar surface area (TPSA) is 79.3 Å². The summed E-state index contributed by atoms with van der Waals surface area (Å²) in [5.74, 6) is -0.492. The van der Waals surface area contributed by atoms with Crippen molar-refractivity contribution in [1.29, 1.82) is 0 Å². The Hall–Kier alpha value is -2.32. The zero-order chi connectivity index (χ0) is 19.2. The van der Waals surface area contributed by atoms with E-state index >= 15 is 0 Å². The number of para-hydroxylation sites is 1. The molecule has 1 aromatic heterocycles. The van der Waals surface area contributed by atoms with Gasteiger partial charge in [-0.25, -0.2) is 0 Å². The molecule has 1 aliphatic rings. The molecule has 1 saturated heterocycles. The molecule has 8 heteroatoms. The second-order valence-corrected chi connectivity index (χ2v) is 7.44. The van der Waals surface area contributed by atoms with E-state index in [0.717, 1.165) is 36.5 Å². The average Bonchev–Trinajstić information content (AvgIpc) is 3.18. The van der Waals surface area contributed by atoms with Gasteiger partial charge in [-0.15, -0.1) is 11.8 Å². The van der Waals surface area contributed by atoms with Crippen LogP contribution in [0, 0.1) is 0 Å². The highest BCUT2D eigenvalue weighted by molar-refractivity contribution is 7.98. The maximum Gasteiger partial charge on any atom is 0.274 e. The van der Waals surface area contributed by atoms with Gasteiger partial charge >= 0.3 is 0 Å². The molecule has 2 amide bonds. The molecule has 7 nitrogen and oxygen atoms in total. The summed E-state index contributed by atoms with van der Waals surface area (Å²) in [6, 6.07) is 9.59. The van der Waals surface area contributed by atoms with E-state index in [-0.39, 0.29) is 24.4 Å². The van der Waals surface area contributed by atoms with Crippen molar-refractivity contribution in [2.45, 2.75) is 23.8 Å². The molecule has 0 bridgehead atoms. The number of thioether (sulfide) groups is 1. The predicted octanol–water partition coefficient (Wildman–Crippen LogP) is 2.24. The van der Waals surface area contributed by atoms with Crippen LogP contribution in [0.4, 0.5) is 5.69 Å². The van der Waals surface area contributed by atoms with E-state index in [1.54, 1.807) is 24.9 Å². The van der Waals surface area contributed by atoms with Crippen LogP contribution in [-0.4, -0.2) is 59.4 Å². The maximum absolute atomic E-state index is 12.6. The zero-order valence-electron chi connectivity index (χ0n) is 15.6. The molecule has 1 unspecified atom stereocenters.